The maximum Gasteiger partial charge on any atom is 0.265 e. The molecule has 0 spiro atoms. The van der Waals surface area contributed by atoms with Gasteiger partial charge in [-0.15, -0.1) is 11.3 Å². The summed E-state index contributed by atoms with van der Waals surface area (Å²) in [5, 5.41) is 10.7. The summed E-state index contributed by atoms with van der Waals surface area (Å²) < 4.78 is 0. The number of hydrogen-bond donors (Lipinski definition) is 0. The minimum absolute atomic E-state index is 0.0594. The summed E-state index contributed by atoms with van der Waals surface area (Å²) in [6.07, 6.45) is 0.847. The summed E-state index contributed by atoms with van der Waals surface area (Å²) in [6, 6.07) is 3.63. The molecule has 0 N–H and O–H groups in total. The first-order valence-electron chi connectivity index (χ1n) is 4.85. The van der Waals surface area contributed by atoms with Crippen molar-refractivity contribution >= 4 is 17.2 Å². The van der Waals surface area contributed by atoms with E-state index in [0.717, 1.165) is 16.9 Å². The zero-order valence-corrected chi connectivity index (χ0v) is 9.97. The van der Waals surface area contributed by atoms with Gasteiger partial charge in [0, 0.05) is 7.05 Å². The summed E-state index contributed by atoms with van der Waals surface area (Å²) in [5.74, 6) is -0.0594. The van der Waals surface area contributed by atoms with Crippen LogP contribution in [0.3, 0.4) is 0 Å². The van der Waals surface area contributed by atoms with E-state index < -0.39 is 0 Å². The zero-order chi connectivity index (χ0) is 11.4. The zero-order valence-electron chi connectivity index (χ0n) is 9.15. The second-order valence-electron chi connectivity index (χ2n) is 3.35. The van der Waals surface area contributed by atoms with Gasteiger partial charge < -0.3 is 4.90 Å². The largest absolute Gasteiger partial charge is 0.325 e. The summed E-state index contributed by atoms with van der Waals surface area (Å²) >= 11 is 1.44. The van der Waals surface area contributed by atoms with Crippen molar-refractivity contribution in [2.45, 2.75) is 26.3 Å². The Balaban J connectivity index is 2.91. The molecular weight excluding hydrogens is 208 g/mol. The fraction of sp³-hybridized carbons (Fsp3) is 0.455. The molecule has 4 heteroatoms. The number of nitriles is 1. The van der Waals surface area contributed by atoms with Gasteiger partial charge in [0.2, 0.25) is 0 Å². The first-order chi connectivity index (χ1) is 7.11. The predicted molar refractivity (Wildman–Crippen MR) is 60.9 cm³/mol. The van der Waals surface area contributed by atoms with Crippen LogP contribution in [0.2, 0.25) is 0 Å². The van der Waals surface area contributed by atoms with E-state index >= 15 is 0 Å². The molecule has 0 radical (unpaired) electrons. The normalized spacial score (nSPS) is 11.9. The van der Waals surface area contributed by atoms with Gasteiger partial charge in [0.25, 0.3) is 5.91 Å². The Morgan fingerprint density at radius 2 is 2.40 bits per heavy atom. The number of carbonyl (C=O) groups is 1. The quantitative estimate of drug-likeness (QED) is 0.787. The molecule has 1 atom stereocenters. The Kier molecular flexibility index (Phi) is 3.87. The lowest BCUT2D eigenvalue weighted by atomic mass is 10.2. The lowest BCUT2D eigenvalue weighted by Crippen LogP contribution is -2.33. The van der Waals surface area contributed by atoms with Crippen molar-refractivity contribution in [3.63, 3.8) is 0 Å². The summed E-state index contributed by atoms with van der Waals surface area (Å²) in [5.41, 5.74) is 1.06. The second-order valence-corrected chi connectivity index (χ2v) is 4.27. The molecule has 1 aromatic rings. The lowest BCUT2D eigenvalue weighted by molar-refractivity contribution is 0.0777. The van der Waals surface area contributed by atoms with Crippen LogP contribution < -0.4 is 0 Å². The molecule has 0 fully saturated rings. The van der Waals surface area contributed by atoms with Gasteiger partial charge in [-0.3, -0.25) is 4.79 Å². The molecule has 1 amide bonds. The number of amides is 1. The highest BCUT2D eigenvalue weighted by atomic mass is 32.1. The highest BCUT2D eigenvalue weighted by molar-refractivity contribution is 7.12. The van der Waals surface area contributed by atoms with E-state index in [1.807, 2.05) is 18.4 Å². The average Bonchev–Trinajstić information content (AvgIpc) is 2.73. The molecule has 0 saturated carbocycles. The van der Waals surface area contributed by atoms with Crippen LogP contribution in [0, 0.1) is 11.3 Å². The molecule has 0 bridgehead atoms. The molecular formula is C11H14N2OS. The van der Waals surface area contributed by atoms with Crippen molar-refractivity contribution in [2.75, 3.05) is 7.05 Å². The molecule has 1 unspecified atom stereocenters. The van der Waals surface area contributed by atoms with Crippen molar-refractivity contribution in [3.05, 3.63) is 21.9 Å². The Morgan fingerprint density at radius 3 is 2.93 bits per heavy atom. The topological polar surface area (TPSA) is 44.1 Å². The predicted octanol–water partition coefficient (Wildman–Crippen LogP) is 2.29. The van der Waals surface area contributed by atoms with Crippen LogP contribution in [0.5, 0.6) is 0 Å². The Bertz CT molecular complexity index is 392. The minimum atomic E-state index is -0.385. The standard InChI is InChI=1S/C11H14N2OS/c1-4-9-5-6-15-10(9)11(14)13(3)8(2)7-12/h5-6,8H,4H2,1-3H3. The van der Waals surface area contributed by atoms with Crippen molar-refractivity contribution < 1.29 is 4.79 Å². The van der Waals surface area contributed by atoms with E-state index in [2.05, 4.69) is 6.07 Å². The summed E-state index contributed by atoms with van der Waals surface area (Å²) in [6.45, 7) is 3.74. The van der Waals surface area contributed by atoms with E-state index in [1.165, 1.54) is 16.2 Å². The van der Waals surface area contributed by atoms with Gasteiger partial charge in [-0.2, -0.15) is 5.26 Å². The number of nitrogens with zero attached hydrogens (tertiary/aromatic N) is 2. The smallest absolute Gasteiger partial charge is 0.265 e. The van der Waals surface area contributed by atoms with E-state index in [1.54, 1.807) is 14.0 Å². The van der Waals surface area contributed by atoms with Gasteiger partial charge in [-0.1, -0.05) is 6.92 Å². The average molecular weight is 222 g/mol. The number of thiophene rings is 1. The summed E-state index contributed by atoms with van der Waals surface area (Å²) in [7, 11) is 1.66. The second kappa shape index (κ2) is 4.94. The van der Waals surface area contributed by atoms with Gasteiger partial charge in [0.05, 0.1) is 10.9 Å². The van der Waals surface area contributed by atoms with Crippen molar-refractivity contribution in [1.82, 2.24) is 4.90 Å². The third kappa shape index (κ3) is 2.37. The number of rotatable bonds is 3. The highest BCUT2D eigenvalue weighted by Crippen LogP contribution is 2.19. The van der Waals surface area contributed by atoms with Gasteiger partial charge in [0.15, 0.2) is 0 Å². The molecule has 1 heterocycles. The van der Waals surface area contributed by atoms with Crippen LogP contribution in [0.1, 0.15) is 29.1 Å². The van der Waals surface area contributed by atoms with Gasteiger partial charge in [-0.05, 0) is 30.4 Å². The van der Waals surface area contributed by atoms with E-state index in [9.17, 15) is 4.79 Å². The van der Waals surface area contributed by atoms with E-state index in [0.29, 0.717) is 0 Å². The van der Waals surface area contributed by atoms with E-state index in [-0.39, 0.29) is 11.9 Å². The molecule has 1 aromatic heterocycles. The molecule has 80 valence electrons. The number of aryl methyl sites for hydroxylation is 1. The Morgan fingerprint density at radius 1 is 1.73 bits per heavy atom. The third-order valence-electron chi connectivity index (χ3n) is 2.41. The molecule has 0 aliphatic rings. The van der Waals surface area contributed by atoms with Crippen LogP contribution in [-0.2, 0) is 6.42 Å². The first kappa shape index (κ1) is 11.7. The van der Waals surface area contributed by atoms with Crippen molar-refractivity contribution in [3.8, 4) is 6.07 Å². The van der Waals surface area contributed by atoms with Crippen LogP contribution in [0.15, 0.2) is 11.4 Å². The fourth-order valence-electron chi connectivity index (χ4n) is 1.22. The molecule has 1 rings (SSSR count). The van der Waals surface area contributed by atoms with Gasteiger partial charge in [-0.25, -0.2) is 0 Å². The fourth-order valence-corrected chi connectivity index (χ4v) is 2.20. The van der Waals surface area contributed by atoms with Gasteiger partial charge >= 0.3 is 0 Å². The maximum atomic E-state index is 12.0. The van der Waals surface area contributed by atoms with Crippen LogP contribution >= 0.6 is 11.3 Å². The number of hydrogen-bond acceptors (Lipinski definition) is 3. The van der Waals surface area contributed by atoms with Gasteiger partial charge in [0.1, 0.15) is 6.04 Å². The van der Waals surface area contributed by atoms with Crippen LogP contribution in [0.25, 0.3) is 0 Å². The monoisotopic (exact) mass is 222 g/mol. The molecule has 0 aliphatic carbocycles. The Hall–Kier alpha value is -1.34. The molecule has 0 saturated heterocycles. The number of carbonyl (C=O) groups excluding carboxylic acids is 1. The first-order valence-corrected chi connectivity index (χ1v) is 5.72. The van der Waals surface area contributed by atoms with E-state index in [4.69, 9.17) is 5.26 Å². The molecule has 15 heavy (non-hydrogen) atoms. The third-order valence-corrected chi connectivity index (χ3v) is 3.35. The van der Waals surface area contributed by atoms with Crippen LogP contribution in [0.4, 0.5) is 0 Å². The van der Waals surface area contributed by atoms with Crippen molar-refractivity contribution in [1.29, 1.82) is 5.26 Å². The highest BCUT2D eigenvalue weighted by Gasteiger charge is 2.20. The molecule has 0 aliphatic heterocycles. The Labute approximate surface area is 93.9 Å². The minimum Gasteiger partial charge on any atom is -0.325 e. The maximum absolute atomic E-state index is 12.0. The molecule has 3 nitrogen and oxygen atoms in total. The summed E-state index contributed by atoms with van der Waals surface area (Å²) in [4.78, 5) is 14.2. The van der Waals surface area contributed by atoms with Crippen LogP contribution in [-0.4, -0.2) is 23.9 Å². The lowest BCUT2D eigenvalue weighted by Gasteiger charge is -2.19. The molecule has 0 aromatic carbocycles. The SMILES string of the molecule is CCc1ccsc1C(=O)N(C)C(C)C#N. The van der Waals surface area contributed by atoms with Crippen molar-refractivity contribution in [2.24, 2.45) is 0 Å².